The number of carbonyl (C=O) groups excluding carboxylic acids is 2. The highest BCUT2D eigenvalue weighted by Gasteiger charge is 2.53. The molecular formula is C76H148N2O38. The average Bonchev–Trinajstić information content (AvgIpc) is 0.978. The van der Waals surface area contributed by atoms with Crippen molar-refractivity contribution >= 4 is 11.8 Å². The van der Waals surface area contributed by atoms with Crippen LogP contribution in [-0.4, -0.2) is 408 Å². The van der Waals surface area contributed by atoms with Gasteiger partial charge in [-0.1, -0.05) is 132 Å². The van der Waals surface area contributed by atoms with Crippen molar-refractivity contribution in [3.63, 3.8) is 0 Å². The Morgan fingerprint density at radius 2 is 0.543 bits per heavy atom. The van der Waals surface area contributed by atoms with Gasteiger partial charge in [-0.3, -0.25) is 9.59 Å². The van der Waals surface area contributed by atoms with E-state index in [1.54, 1.807) is 13.8 Å². The molecule has 0 radical (unpaired) electrons. The van der Waals surface area contributed by atoms with Gasteiger partial charge in [-0.15, -0.1) is 0 Å². The van der Waals surface area contributed by atoms with Crippen LogP contribution >= 0.6 is 0 Å². The average molecular weight is 1700 g/mol. The summed E-state index contributed by atoms with van der Waals surface area (Å²) in [6, 6.07) is -1.56. The van der Waals surface area contributed by atoms with E-state index in [-0.39, 0.29) is 50.9 Å². The number of hydrogen-bond donors (Lipinski definition) is 26. The Balaban J connectivity index is 0.000000476. The van der Waals surface area contributed by atoms with Crippen LogP contribution in [0.5, 0.6) is 0 Å². The van der Waals surface area contributed by atoms with Crippen LogP contribution in [-0.2, 0) is 66.4 Å². The van der Waals surface area contributed by atoms with Crippen LogP contribution in [0, 0.1) is 32.5 Å². The number of rotatable bonds is 20. The SMILES string of the molecule is CC(=O)NC1[C@H](OCC(C)(C)C)OC(CO)[C@@H](O)[C@@H]1O.CC(C)(C)CO[C@@H]1OC(CO)[C@@H](O)[C@H](O)C1O.CC(C)(C)CO[C@@H]1OC(CO)[C@H](O)[C@H](O)C1O.CC(C)(C)CO[C@H]1OC(CO)[C@@H](O)[C@H](O)C1O.CC1OC(CO)[C@@H](O)[C@H](O)C1NC(=O)CC(C)(C)C.CCC1O[C@H](O[C@H]2OC(CC(C)(C)C)[C@@H](O)[C@H](O)C2O)[C@H](O)C(O)[C@@H]1O. The first kappa shape index (κ1) is 110. The van der Waals surface area contributed by atoms with E-state index in [4.69, 9.17) is 82.4 Å². The molecule has 7 heterocycles. The molecule has 0 aromatic heterocycles. The second kappa shape index (κ2) is 48.1. The molecule has 7 fully saturated rings. The van der Waals surface area contributed by atoms with Crippen LogP contribution in [0.1, 0.15) is 165 Å². The highest BCUT2D eigenvalue weighted by molar-refractivity contribution is 5.77. The third-order valence-corrected chi connectivity index (χ3v) is 18.5. The summed E-state index contributed by atoms with van der Waals surface area (Å²) in [7, 11) is 0. The van der Waals surface area contributed by atoms with E-state index < -0.39 is 241 Å². The summed E-state index contributed by atoms with van der Waals surface area (Å²) < 4.78 is 64.6. The Morgan fingerprint density at radius 1 is 0.293 bits per heavy atom. The standard InChI is InChI=1S/C17H32O9.C13H25NO6.C13H25NO5.3C11H22O6/c1-5-7-9(18)11(20)13(22)15(24-7)26-16-14(23)12(21)10(19)8(25-16)6-17(2,3)4;1-7(16)14-9-11(18)10(17)8(5-15)20-12(9)19-6-13(2,3)4;1-7-10(14-9(16)5-13(2,3)4)12(18)11(17)8(6-15)19-7;3*1-11(2,3)5-16-10-9(15)8(14)7(13)6(4-12)17-10/h7-16,18-23H,5-6H2,1-4H3;8-12,15,17-18H,5-6H2,1-4H3,(H,14,16);7-8,10-12,15,17-18H,5-6H2,1-4H3,(H,14,16);3*6-10,12-15H,4-5H2,1-3H3/t7?,8?,9-,10-,11?,12+,13-,14?,15-,16-;8?,9?,10-,11-,12-;7?,8?,10?,11-,12-;6?,7-,8+,9?,10+;6?,7-,8+,9?,10-;6?,7-,8-,9?,10+/m111110/s1. The van der Waals surface area contributed by atoms with Gasteiger partial charge in [0.2, 0.25) is 11.8 Å². The molecule has 2 amide bonds. The first-order chi connectivity index (χ1) is 53.0. The summed E-state index contributed by atoms with van der Waals surface area (Å²) in [6.45, 7) is 39.1. The highest BCUT2D eigenvalue weighted by atomic mass is 16.8. The topological polar surface area (TPSA) is 654 Å². The molecule has 0 spiro atoms. The number of hydrogen-bond acceptors (Lipinski definition) is 38. The summed E-state index contributed by atoms with van der Waals surface area (Å²) in [5.74, 6) is -0.557. The fraction of sp³-hybridized carbons (Fsp3) is 0.974. The van der Waals surface area contributed by atoms with E-state index in [1.807, 2.05) is 125 Å². The van der Waals surface area contributed by atoms with Gasteiger partial charge in [0.25, 0.3) is 0 Å². The molecule has 0 aromatic rings. The maximum atomic E-state index is 11.9. The molecule has 7 rings (SSSR count). The van der Waals surface area contributed by atoms with E-state index >= 15 is 0 Å². The van der Waals surface area contributed by atoms with Crippen molar-refractivity contribution in [2.24, 2.45) is 32.5 Å². The zero-order chi connectivity index (χ0) is 89.7. The number of amides is 2. The van der Waals surface area contributed by atoms with Crippen molar-refractivity contribution in [2.45, 2.75) is 379 Å². The van der Waals surface area contributed by atoms with E-state index in [1.165, 1.54) is 6.92 Å². The molecule has 40 heteroatoms. The van der Waals surface area contributed by atoms with E-state index in [9.17, 15) is 107 Å². The summed E-state index contributed by atoms with van der Waals surface area (Å²) in [4.78, 5) is 23.1. The highest BCUT2D eigenvalue weighted by Crippen LogP contribution is 2.35. The Labute approximate surface area is 680 Å². The summed E-state index contributed by atoms with van der Waals surface area (Å²) >= 11 is 0. The molecule has 7 saturated heterocycles. The molecular weight excluding hydrogens is 1550 g/mol. The Morgan fingerprint density at radius 3 is 0.828 bits per heavy atom. The van der Waals surface area contributed by atoms with Crippen molar-refractivity contribution in [3.8, 4) is 0 Å². The minimum Gasteiger partial charge on any atom is -0.394 e. The van der Waals surface area contributed by atoms with Gasteiger partial charge >= 0.3 is 0 Å². The van der Waals surface area contributed by atoms with Crippen molar-refractivity contribution in [1.29, 1.82) is 0 Å². The molecule has 0 saturated carbocycles. The fourth-order valence-corrected chi connectivity index (χ4v) is 12.1. The number of aliphatic hydroxyl groups is 24. The second-order valence-corrected chi connectivity index (χ2v) is 37.7. The van der Waals surface area contributed by atoms with Crippen LogP contribution < -0.4 is 10.6 Å². The molecule has 40 nitrogen and oxygen atoms in total. The van der Waals surface area contributed by atoms with Crippen LogP contribution in [0.25, 0.3) is 0 Å². The minimum absolute atomic E-state index is 0.112. The molecule has 7 aliphatic rings. The Hall–Kier alpha value is -2.50. The predicted octanol–water partition coefficient (Wildman–Crippen LogP) is -6.59. The fourth-order valence-electron chi connectivity index (χ4n) is 12.1. The summed E-state index contributed by atoms with van der Waals surface area (Å²) in [5, 5.41) is 237. The second-order valence-electron chi connectivity index (χ2n) is 37.7. The summed E-state index contributed by atoms with van der Waals surface area (Å²) in [5.41, 5.74) is -0.830. The molecule has 0 aliphatic carbocycles. The van der Waals surface area contributed by atoms with E-state index in [2.05, 4.69) is 10.6 Å². The third kappa shape index (κ3) is 35.6. The summed E-state index contributed by atoms with van der Waals surface area (Å²) in [6.07, 6.45) is -38.0. The van der Waals surface area contributed by atoms with E-state index in [0.717, 1.165) is 0 Å². The normalized spacial score (nSPS) is 39.9. The molecule has 690 valence electrons. The van der Waals surface area contributed by atoms with Gasteiger partial charge in [0.1, 0.15) is 153 Å². The van der Waals surface area contributed by atoms with Crippen molar-refractivity contribution < 1.29 is 189 Å². The number of nitrogens with one attached hydrogen (secondary N) is 2. The van der Waals surface area contributed by atoms with Crippen LogP contribution in [0.4, 0.5) is 0 Å². The van der Waals surface area contributed by atoms with E-state index in [0.29, 0.717) is 45.7 Å². The molecule has 0 bridgehead atoms. The molecule has 26 N–H and O–H groups in total. The Kier molecular flexibility index (Phi) is 45.4. The molecule has 35 atom stereocenters. The lowest BCUT2D eigenvalue weighted by molar-refractivity contribution is -0.375. The van der Waals surface area contributed by atoms with Gasteiger partial charge < -0.3 is 190 Å². The Bertz CT molecular complexity index is 2610. The zero-order valence-electron chi connectivity index (χ0n) is 71.1. The van der Waals surface area contributed by atoms with Gasteiger partial charge in [-0.25, -0.2) is 0 Å². The maximum absolute atomic E-state index is 11.9. The maximum Gasteiger partial charge on any atom is 0.220 e. The van der Waals surface area contributed by atoms with Gasteiger partial charge in [0, 0.05) is 13.3 Å². The molecule has 0 aromatic carbocycles. The lowest BCUT2D eigenvalue weighted by Gasteiger charge is -2.45. The van der Waals surface area contributed by atoms with Crippen molar-refractivity contribution in [1.82, 2.24) is 10.6 Å². The van der Waals surface area contributed by atoms with Gasteiger partial charge in [0.15, 0.2) is 37.7 Å². The molecule has 15 unspecified atom stereocenters. The quantitative estimate of drug-likeness (QED) is 0.0539. The zero-order valence-corrected chi connectivity index (χ0v) is 71.1. The predicted molar refractivity (Wildman–Crippen MR) is 407 cm³/mol. The van der Waals surface area contributed by atoms with Crippen LogP contribution in [0.2, 0.25) is 0 Å². The molecule has 7 aliphatic heterocycles. The van der Waals surface area contributed by atoms with Crippen molar-refractivity contribution in [3.05, 3.63) is 0 Å². The van der Waals surface area contributed by atoms with Gasteiger partial charge in [-0.2, -0.15) is 0 Å². The van der Waals surface area contributed by atoms with Crippen LogP contribution in [0.3, 0.4) is 0 Å². The first-order valence-electron chi connectivity index (χ1n) is 39.3. The van der Waals surface area contributed by atoms with Crippen molar-refractivity contribution in [2.75, 3.05) is 59.5 Å². The van der Waals surface area contributed by atoms with Gasteiger partial charge in [0.05, 0.1) is 83.8 Å². The largest absolute Gasteiger partial charge is 0.394 e. The first-order valence-corrected chi connectivity index (χ1v) is 39.3. The minimum atomic E-state index is -1.57. The lowest BCUT2D eigenvalue weighted by atomic mass is 9.84. The number of ether oxygens (including phenoxy) is 12. The smallest absolute Gasteiger partial charge is 0.220 e. The molecule has 116 heavy (non-hydrogen) atoms. The number of carbonyl (C=O) groups is 2. The monoisotopic (exact) mass is 1700 g/mol. The van der Waals surface area contributed by atoms with Gasteiger partial charge in [-0.05, 0) is 52.3 Å². The number of aliphatic hydroxyl groups excluding tert-OH is 24. The van der Waals surface area contributed by atoms with Crippen LogP contribution in [0.15, 0.2) is 0 Å². The third-order valence-electron chi connectivity index (χ3n) is 18.5. The lowest BCUT2D eigenvalue weighted by Crippen LogP contribution is -2.64.